The van der Waals surface area contributed by atoms with E-state index in [9.17, 15) is 22.8 Å². The third kappa shape index (κ3) is 4.44. The highest BCUT2D eigenvalue weighted by atomic mass is 32.2. The highest BCUT2D eigenvalue weighted by Gasteiger charge is 2.50. The molecule has 3 aromatic rings. The molecule has 1 unspecified atom stereocenters. The van der Waals surface area contributed by atoms with Crippen molar-refractivity contribution in [2.24, 2.45) is 0 Å². The third-order valence-electron chi connectivity index (χ3n) is 5.89. The van der Waals surface area contributed by atoms with Crippen LogP contribution < -0.4 is 4.90 Å². The highest BCUT2D eigenvalue weighted by molar-refractivity contribution is 7.89. The van der Waals surface area contributed by atoms with Crippen molar-refractivity contribution >= 4 is 44.3 Å². The maximum atomic E-state index is 13.9. The molecule has 1 heterocycles. The highest BCUT2D eigenvalue weighted by Crippen LogP contribution is 2.35. The standard InChI is InChI=1S/C26H26N2O6S/c1-26(2,3)28(35(32,33)21-14-11-17-7-5-6-8-19(17)15-21)22-16-23(29)27(24(22)30)20-12-9-18(10-13-20)25(31)34-4/h5-15,22H,16H2,1-4H3. The van der Waals surface area contributed by atoms with Crippen LogP contribution in [0.2, 0.25) is 0 Å². The van der Waals surface area contributed by atoms with Crippen LogP contribution in [0.25, 0.3) is 10.8 Å². The third-order valence-corrected chi connectivity index (χ3v) is 8.06. The molecular formula is C26H26N2O6S. The van der Waals surface area contributed by atoms with Crippen molar-refractivity contribution < 1.29 is 27.5 Å². The van der Waals surface area contributed by atoms with Crippen LogP contribution in [0.5, 0.6) is 0 Å². The lowest BCUT2D eigenvalue weighted by Crippen LogP contribution is -2.54. The molecule has 4 rings (SSSR count). The van der Waals surface area contributed by atoms with Crippen LogP contribution in [-0.4, -0.2) is 49.2 Å². The Kier molecular flexibility index (Phi) is 6.25. The fourth-order valence-corrected chi connectivity index (χ4v) is 6.34. The summed E-state index contributed by atoms with van der Waals surface area (Å²) in [6.45, 7) is 5.07. The minimum atomic E-state index is -4.14. The summed E-state index contributed by atoms with van der Waals surface area (Å²) < 4.78 is 33.5. The summed E-state index contributed by atoms with van der Waals surface area (Å²) in [5.74, 6) is -1.71. The van der Waals surface area contributed by atoms with Crippen molar-refractivity contribution in [3.05, 3.63) is 72.3 Å². The van der Waals surface area contributed by atoms with Crippen molar-refractivity contribution in [2.75, 3.05) is 12.0 Å². The van der Waals surface area contributed by atoms with Crippen LogP contribution in [0, 0.1) is 0 Å². The predicted molar refractivity (Wildman–Crippen MR) is 131 cm³/mol. The van der Waals surface area contributed by atoms with E-state index in [1.807, 2.05) is 24.3 Å². The number of methoxy groups -OCH3 is 1. The first kappa shape index (κ1) is 24.6. The van der Waals surface area contributed by atoms with E-state index < -0.39 is 39.4 Å². The number of carbonyl (C=O) groups is 3. The zero-order chi connectivity index (χ0) is 25.5. The van der Waals surface area contributed by atoms with E-state index in [4.69, 9.17) is 0 Å². The molecule has 0 N–H and O–H groups in total. The topological polar surface area (TPSA) is 101 Å². The van der Waals surface area contributed by atoms with E-state index in [0.29, 0.717) is 0 Å². The second kappa shape index (κ2) is 8.90. The maximum Gasteiger partial charge on any atom is 0.337 e. The van der Waals surface area contributed by atoms with Gasteiger partial charge in [0.2, 0.25) is 15.9 Å². The zero-order valence-corrected chi connectivity index (χ0v) is 20.7. The molecule has 0 spiro atoms. The number of sulfonamides is 1. The van der Waals surface area contributed by atoms with Crippen LogP contribution >= 0.6 is 0 Å². The summed E-state index contributed by atoms with van der Waals surface area (Å²) in [6, 6.07) is 16.8. The van der Waals surface area contributed by atoms with E-state index in [1.165, 1.54) is 37.4 Å². The number of esters is 1. The summed E-state index contributed by atoms with van der Waals surface area (Å²) in [5.41, 5.74) is -0.468. The average Bonchev–Trinajstić information content (AvgIpc) is 3.10. The van der Waals surface area contributed by atoms with Gasteiger partial charge >= 0.3 is 5.97 Å². The second-order valence-electron chi connectivity index (χ2n) is 9.31. The Balaban J connectivity index is 1.72. The molecule has 0 saturated carbocycles. The van der Waals surface area contributed by atoms with Gasteiger partial charge in [0.1, 0.15) is 6.04 Å². The van der Waals surface area contributed by atoms with Gasteiger partial charge in [-0.1, -0.05) is 30.3 Å². The fraction of sp³-hybridized carbons (Fsp3) is 0.269. The first-order valence-corrected chi connectivity index (χ1v) is 12.5. The molecule has 1 aliphatic rings. The van der Waals surface area contributed by atoms with Crippen LogP contribution in [0.3, 0.4) is 0 Å². The number of amides is 2. The van der Waals surface area contributed by atoms with Gasteiger partial charge in [0.25, 0.3) is 5.91 Å². The molecule has 3 aromatic carbocycles. The number of imide groups is 1. The molecule has 1 atom stereocenters. The molecule has 0 bridgehead atoms. The molecular weight excluding hydrogens is 468 g/mol. The summed E-state index contributed by atoms with van der Waals surface area (Å²) in [6.07, 6.45) is -0.290. The molecule has 182 valence electrons. The zero-order valence-electron chi connectivity index (χ0n) is 19.9. The van der Waals surface area contributed by atoms with Gasteiger partial charge in [0.05, 0.1) is 29.7 Å². The van der Waals surface area contributed by atoms with Gasteiger partial charge < -0.3 is 4.74 Å². The van der Waals surface area contributed by atoms with Crippen molar-refractivity contribution in [2.45, 2.75) is 43.7 Å². The molecule has 35 heavy (non-hydrogen) atoms. The van der Waals surface area contributed by atoms with E-state index in [-0.39, 0.29) is 22.6 Å². The lowest BCUT2D eigenvalue weighted by molar-refractivity contribution is -0.122. The molecule has 1 aliphatic heterocycles. The maximum absolute atomic E-state index is 13.9. The summed E-state index contributed by atoms with van der Waals surface area (Å²) in [4.78, 5) is 39.1. The summed E-state index contributed by atoms with van der Waals surface area (Å²) >= 11 is 0. The lowest BCUT2D eigenvalue weighted by atomic mass is 10.1. The normalized spacial score (nSPS) is 16.8. The van der Waals surface area contributed by atoms with Gasteiger partial charge in [0.15, 0.2) is 0 Å². The molecule has 8 nitrogen and oxygen atoms in total. The number of ether oxygens (including phenoxy) is 1. The van der Waals surface area contributed by atoms with Crippen LogP contribution in [0.4, 0.5) is 5.69 Å². The number of carbonyl (C=O) groups excluding carboxylic acids is 3. The average molecular weight is 495 g/mol. The van der Waals surface area contributed by atoms with Crippen molar-refractivity contribution in [1.82, 2.24) is 4.31 Å². The molecule has 1 saturated heterocycles. The van der Waals surface area contributed by atoms with E-state index in [1.54, 1.807) is 32.9 Å². The van der Waals surface area contributed by atoms with Crippen molar-refractivity contribution in [1.29, 1.82) is 0 Å². The smallest absolute Gasteiger partial charge is 0.337 e. The van der Waals surface area contributed by atoms with Gasteiger partial charge in [-0.25, -0.2) is 18.1 Å². The van der Waals surface area contributed by atoms with Gasteiger partial charge in [-0.2, -0.15) is 4.31 Å². The number of hydrogen-bond acceptors (Lipinski definition) is 6. The fourth-order valence-electron chi connectivity index (χ4n) is 4.37. The first-order chi connectivity index (χ1) is 16.4. The number of anilines is 1. The van der Waals surface area contributed by atoms with Crippen molar-refractivity contribution in [3.8, 4) is 0 Å². The summed E-state index contributed by atoms with van der Waals surface area (Å²) in [5, 5.41) is 1.64. The summed E-state index contributed by atoms with van der Waals surface area (Å²) in [7, 11) is -2.89. The van der Waals surface area contributed by atoms with E-state index >= 15 is 0 Å². The molecule has 9 heteroatoms. The first-order valence-electron chi connectivity index (χ1n) is 11.0. The Hall–Kier alpha value is -3.56. The molecule has 1 fully saturated rings. The van der Waals surface area contributed by atoms with E-state index in [2.05, 4.69) is 4.74 Å². The van der Waals surface area contributed by atoms with Gasteiger partial charge in [-0.05, 0) is 67.9 Å². The largest absolute Gasteiger partial charge is 0.465 e. The number of nitrogens with zero attached hydrogens (tertiary/aromatic N) is 2. The van der Waals surface area contributed by atoms with Crippen molar-refractivity contribution in [3.63, 3.8) is 0 Å². The SMILES string of the molecule is COC(=O)c1ccc(N2C(=O)CC(N(C(C)(C)C)S(=O)(=O)c3ccc4ccccc4c3)C2=O)cc1. The van der Waals surface area contributed by atoms with Gasteiger partial charge in [0, 0.05) is 5.54 Å². The number of rotatable bonds is 5. The minimum absolute atomic E-state index is 0.0484. The monoisotopic (exact) mass is 494 g/mol. The predicted octanol–water partition coefficient (Wildman–Crippen LogP) is 3.75. The molecule has 0 radical (unpaired) electrons. The molecule has 0 aliphatic carbocycles. The Morgan fingerprint density at radius 3 is 2.20 bits per heavy atom. The Bertz CT molecular complexity index is 1420. The van der Waals surface area contributed by atoms with Crippen LogP contribution in [-0.2, 0) is 24.3 Å². The Morgan fingerprint density at radius 2 is 1.60 bits per heavy atom. The Morgan fingerprint density at radius 1 is 0.971 bits per heavy atom. The van der Waals surface area contributed by atoms with Crippen LogP contribution in [0.15, 0.2) is 71.6 Å². The number of benzene rings is 3. The lowest BCUT2D eigenvalue weighted by Gasteiger charge is -2.37. The number of fused-ring (bicyclic) bond motifs is 1. The Labute approximate surface area is 204 Å². The van der Waals surface area contributed by atoms with E-state index in [0.717, 1.165) is 20.0 Å². The number of hydrogen-bond donors (Lipinski definition) is 0. The van der Waals surface area contributed by atoms with Gasteiger partial charge in [-0.15, -0.1) is 0 Å². The second-order valence-corrected chi connectivity index (χ2v) is 11.1. The quantitative estimate of drug-likeness (QED) is 0.396. The molecule has 0 aromatic heterocycles. The van der Waals surface area contributed by atoms with Gasteiger partial charge in [-0.3, -0.25) is 9.59 Å². The molecule has 2 amide bonds. The van der Waals surface area contributed by atoms with Crippen LogP contribution in [0.1, 0.15) is 37.6 Å². The minimum Gasteiger partial charge on any atom is -0.465 e.